The molecule has 1 amide bonds. The first-order valence-corrected chi connectivity index (χ1v) is 10.4. The molecule has 28 heavy (non-hydrogen) atoms. The fourth-order valence-electron chi connectivity index (χ4n) is 2.86. The quantitative estimate of drug-likeness (QED) is 0.514. The van der Waals surface area contributed by atoms with Crippen LogP contribution in [0.3, 0.4) is 0 Å². The van der Waals surface area contributed by atoms with Gasteiger partial charge >= 0.3 is 0 Å². The lowest BCUT2D eigenvalue weighted by Crippen LogP contribution is -2.11. The Kier molecular flexibility index (Phi) is 6.82. The van der Waals surface area contributed by atoms with E-state index in [0.717, 1.165) is 33.5 Å². The molecule has 4 nitrogen and oxygen atoms in total. The van der Waals surface area contributed by atoms with E-state index in [1.54, 1.807) is 0 Å². The van der Waals surface area contributed by atoms with Gasteiger partial charge in [0, 0.05) is 27.5 Å². The normalized spacial score (nSPS) is 10.7. The predicted octanol–water partition coefficient (Wildman–Crippen LogP) is 5.84. The van der Waals surface area contributed by atoms with Crippen LogP contribution in [-0.4, -0.2) is 15.9 Å². The van der Waals surface area contributed by atoms with Gasteiger partial charge in [0.2, 0.25) is 0 Å². The molecule has 0 bridgehead atoms. The number of amides is 1. The Labute approximate surface area is 170 Å². The largest absolute Gasteiger partial charge is 0.322 e. The summed E-state index contributed by atoms with van der Waals surface area (Å²) in [5.41, 5.74) is 4.63. The van der Waals surface area contributed by atoms with Crippen molar-refractivity contribution in [1.29, 1.82) is 0 Å². The van der Waals surface area contributed by atoms with Crippen molar-refractivity contribution in [3.05, 3.63) is 77.1 Å². The molecule has 144 valence electrons. The van der Waals surface area contributed by atoms with Crippen LogP contribution in [0.5, 0.6) is 0 Å². The Morgan fingerprint density at radius 2 is 1.61 bits per heavy atom. The number of nitrogens with one attached hydrogen (secondary N) is 1. The zero-order chi connectivity index (χ0) is 19.9. The van der Waals surface area contributed by atoms with E-state index in [4.69, 9.17) is 0 Å². The van der Waals surface area contributed by atoms with E-state index in [1.807, 2.05) is 68.4 Å². The summed E-state index contributed by atoms with van der Waals surface area (Å²) in [5.74, 6) is -0.0971. The van der Waals surface area contributed by atoms with Gasteiger partial charge in [-0.1, -0.05) is 25.5 Å². The smallest absolute Gasteiger partial charge is 0.255 e. The molecule has 0 aliphatic rings. The van der Waals surface area contributed by atoms with Gasteiger partial charge in [-0.05, 0) is 86.5 Å². The van der Waals surface area contributed by atoms with Crippen LogP contribution in [0.25, 0.3) is 0 Å². The molecule has 0 saturated carbocycles. The van der Waals surface area contributed by atoms with Crippen molar-refractivity contribution in [2.45, 2.75) is 50.1 Å². The first-order chi connectivity index (χ1) is 13.5. The predicted molar refractivity (Wildman–Crippen MR) is 115 cm³/mol. The van der Waals surface area contributed by atoms with E-state index in [1.165, 1.54) is 30.2 Å². The first kappa shape index (κ1) is 20.1. The number of benzene rings is 2. The summed E-state index contributed by atoms with van der Waals surface area (Å²) in [7, 11) is 0. The number of unbranched alkanes of at least 4 members (excludes halogenated alkanes) is 1. The highest BCUT2D eigenvalue weighted by Gasteiger charge is 2.07. The molecule has 0 saturated heterocycles. The lowest BCUT2D eigenvalue weighted by atomic mass is 10.1. The van der Waals surface area contributed by atoms with Crippen molar-refractivity contribution >= 4 is 23.4 Å². The maximum Gasteiger partial charge on any atom is 0.255 e. The Balaban J connectivity index is 1.61. The number of aromatic nitrogens is 2. The molecule has 0 spiro atoms. The topological polar surface area (TPSA) is 54.9 Å². The number of rotatable bonds is 7. The van der Waals surface area contributed by atoms with E-state index < -0.39 is 0 Å². The van der Waals surface area contributed by atoms with Gasteiger partial charge < -0.3 is 5.32 Å². The first-order valence-electron chi connectivity index (χ1n) is 9.54. The molecule has 3 rings (SSSR count). The van der Waals surface area contributed by atoms with E-state index in [2.05, 4.69) is 22.2 Å². The summed E-state index contributed by atoms with van der Waals surface area (Å²) in [6.45, 7) is 6.11. The zero-order valence-electron chi connectivity index (χ0n) is 16.5. The van der Waals surface area contributed by atoms with E-state index in [0.29, 0.717) is 5.56 Å². The Morgan fingerprint density at radius 3 is 2.21 bits per heavy atom. The van der Waals surface area contributed by atoms with Crippen molar-refractivity contribution in [3.8, 4) is 0 Å². The molecule has 0 radical (unpaired) electrons. The minimum Gasteiger partial charge on any atom is -0.322 e. The number of carbonyl (C=O) groups is 1. The molecule has 0 aliphatic heterocycles. The molecule has 0 fully saturated rings. The molecule has 0 unspecified atom stereocenters. The second-order valence-electron chi connectivity index (χ2n) is 6.81. The highest BCUT2D eigenvalue weighted by Crippen LogP contribution is 2.26. The maximum absolute atomic E-state index is 12.5. The summed E-state index contributed by atoms with van der Waals surface area (Å²) in [6.07, 6.45) is 3.40. The fraction of sp³-hybridized carbons (Fsp3) is 0.261. The average Bonchev–Trinajstić information content (AvgIpc) is 2.67. The maximum atomic E-state index is 12.5. The van der Waals surface area contributed by atoms with Crippen LogP contribution in [0.2, 0.25) is 0 Å². The van der Waals surface area contributed by atoms with Crippen molar-refractivity contribution in [1.82, 2.24) is 9.97 Å². The fourth-order valence-corrected chi connectivity index (χ4v) is 3.72. The number of hydrogen-bond donors (Lipinski definition) is 1. The lowest BCUT2D eigenvalue weighted by Gasteiger charge is -2.08. The van der Waals surface area contributed by atoms with Crippen molar-refractivity contribution in [2.24, 2.45) is 0 Å². The van der Waals surface area contributed by atoms with Gasteiger partial charge in [0.05, 0.1) is 0 Å². The number of nitrogens with zero attached hydrogens (tertiary/aromatic N) is 2. The molecule has 0 atom stereocenters. The third kappa shape index (κ3) is 5.67. The number of carbonyl (C=O) groups excluding carboxylic acids is 1. The summed E-state index contributed by atoms with van der Waals surface area (Å²) >= 11 is 1.51. The third-order valence-corrected chi connectivity index (χ3v) is 5.19. The Bertz CT molecular complexity index is 917. The minimum absolute atomic E-state index is 0.0971. The summed E-state index contributed by atoms with van der Waals surface area (Å²) in [5, 5.41) is 3.68. The van der Waals surface area contributed by atoms with Crippen LogP contribution in [-0.2, 0) is 6.42 Å². The van der Waals surface area contributed by atoms with Crippen LogP contribution in [0.4, 0.5) is 5.69 Å². The summed E-state index contributed by atoms with van der Waals surface area (Å²) < 4.78 is 0. The van der Waals surface area contributed by atoms with E-state index >= 15 is 0 Å². The van der Waals surface area contributed by atoms with Crippen molar-refractivity contribution in [3.63, 3.8) is 0 Å². The number of aryl methyl sites for hydroxylation is 3. The minimum atomic E-state index is -0.0971. The lowest BCUT2D eigenvalue weighted by molar-refractivity contribution is 0.102. The standard InChI is InChI=1S/C23H25N3OS/c1-4-5-6-18-7-9-19(10-8-18)22(27)26-20-11-13-21(14-12-20)28-23-24-16(2)15-17(3)25-23/h7-15H,4-6H2,1-3H3,(H,26,27). The number of hydrogen-bond acceptors (Lipinski definition) is 4. The van der Waals surface area contributed by atoms with Gasteiger partial charge in [0.15, 0.2) is 5.16 Å². The molecule has 1 aromatic heterocycles. The van der Waals surface area contributed by atoms with Gasteiger partial charge in [0.25, 0.3) is 5.91 Å². The van der Waals surface area contributed by atoms with Crippen LogP contribution in [0.1, 0.15) is 47.1 Å². The molecule has 3 aromatic rings. The average molecular weight is 392 g/mol. The second kappa shape index (κ2) is 9.51. The van der Waals surface area contributed by atoms with E-state index in [-0.39, 0.29) is 5.91 Å². The second-order valence-corrected chi connectivity index (χ2v) is 7.85. The van der Waals surface area contributed by atoms with Gasteiger partial charge in [0.1, 0.15) is 0 Å². The van der Waals surface area contributed by atoms with Crippen LogP contribution in [0.15, 0.2) is 64.6 Å². The molecule has 1 heterocycles. The molecule has 5 heteroatoms. The highest BCUT2D eigenvalue weighted by atomic mass is 32.2. The van der Waals surface area contributed by atoms with Crippen molar-refractivity contribution in [2.75, 3.05) is 5.32 Å². The molecular formula is C23H25N3OS. The highest BCUT2D eigenvalue weighted by molar-refractivity contribution is 7.99. The van der Waals surface area contributed by atoms with Gasteiger partial charge in [-0.25, -0.2) is 9.97 Å². The molecule has 0 aliphatic carbocycles. The summed E-state index contributed by atoms with van der Waals surface area (Å²) in [6, 6.07) is 17.5. The van der Waals surface area contributed by atoms with Gasteiger partial charge in [-0.3, -0.25) is 4.79 Å². The van der Waals surface area contributed by atoms with Crippen molar-refractivity contribution < 1.29 is 4.79 Å². The van der Waals surface area contributed by atoms with Crippen LogP contribution < -0.4 is 5.32 Å². The van der Waals surface area contributed by atoms with Gasteiger partial charge in [-0.2, -0.15) is 0 Å². The Hall–Kier alpha value is -2.66. The number of anilines is 1. The zero-order valence-corrected chi connectivity index (χ0v) is 17.3. The monoisotopic (exact) mass is 391 g/mol. The van der Waals surface area contributed by atoms with Gasteiger partial charge in [-0.15, -0.1) is 0 Å². The van der Waals surface area contributed by atoms with Crippen LogP contribution in [0, 0.1) is 13.8 Å². The molecule has 2 aromatic carbocycles. The SMILES string of the molecule is CCCCc1ccc(C(=O)Nc2ccc(Sc3nc(C)cc(C)n3)cc2)cc1. The third-order valence-electron chi connectivity index (χ3n) is 4.32. The molecule has 1 N–H and O–H groups in total. The Morgan fingerprint density at radius 1 is 0.964 bits per heavy atom. The summed E-state index contributed by atoms with van der Waals surface area (Å²) in [4.78, 5) is 22.4. The van der Waals surface area contributed by atoms with E-state index in [9.17, 15) is 4.79 Å². The molecular weight excluding hydrogens is 366 g/mol. The van der Waals surface area contributed by atoms with Crippen LogP contribution >= 0.6 is 11.8 Å².